The molecular formula is C17H21N5O2. The molecule has 1 fully saturated rings. The van der Waals surface area contributed by atoms with E-state index in [1.165, 1.54) is 0 Å². The molecule has 3 rings (SSSR count). The van der Waals surface area contributed by atoms with Gasteiger partial charge >= 0.3 is 6.03 Å². The second-order valence-electron chi connectivity index (χ2n) is 6.11. The van der Waals surface area contributed by atoms with Crippen LogP contribution in [0.3, 0.4) is 0 Å². The summed E-state index contributed by atoms with van der Waals surface area (Å²) in [6.07, 6.45) is 5.08. The lowest BCUT2D eigenvalue weighted by molar-refractivity contribution is -0.123. The predicted octanol–water partition coefficient (Wildman–Crippen LogP) is 1.99. The molecular weight excluding hydrogens is 306 g/mol. The van der Waals surface area contributed by atoms with Crippen molar-refractivity contribution in [2.24, 2.45) is 11.7 Å². The number of urea groups is 1. The van der Waals surface area contributed by atoms with E-state index in [0.29, 0.717) is 12.2 Å². The first-order valence-corrected chi connectivity index (χ1v) is 8.01. The molecule has 0 radical (unpaired) electrons. The number of primary amides is 1. The summed E-state index contributed by atoms with van der Waals surface area (Å²) in [5, 5.41) is 7.04. The number of aromatic nitrogens is 2. The van der Waals surface area contributed by atoms with Crippen LogP contribution in [0.2, 0.25) is 0 Å². The molecule has 0 aliphatic carbocycles. The second kappa shape index (κ2) is 6.74. The van der Waals surface area contributed by atoms with Crippen LogP contribution in [0.4, 0.5) is 10.5 Å². The van der Waals surface area contributed by atoms with E-state index in [9.17, 15) is 9.59 Å². The number of nitrogens with two attached hydrogens (primary N) is 1. The highest BCUT2D eigenvalue weighted by Gasteiger charge is 2.31. The summed E-state index contributed by atoms with van der Waals surface area (Å²) in [6, 6.07) is 9.15. The Balaban J connectivity index is 1.66. The normalized spacial score (nSPS) is 20.6. The molecule has 7 nitrogen and oxygen atoms in total. The van der Waals surface area contributed by atoms with Crippen molar-refractivity contribution in [3.8, 4) is 5.69 Å². The Kier molecular flexibility index (Phi) is 4.50. The lowest BCUT2D eigenvalue weighted by Gasteiger charge is -2.36. The number of hydrogen-bond donors (Lipinski definition) is 2. The fraction of sp³-hybridized carbons (Fsp3) is 0.353. The van der Waals surface area contributed by atoms with Crippen molar-refractivity contribution >= 4 is 17.6 Å². The van der Waals surface area contributed by atoms with Gasteiger partial charge in [-0.05, 0) is 50.1 Å². The summed E-state index contributed by atoms with van der Waals surface area (Å²) < 4.78 is 1.75. The molecule has 0 bridgehead atoms. The molecule has 2 heterocycles. The summed E-state index contributed by atoms with van der Waals surface area (Å²) in [5.74, 6) is -0.614. The lowest BCUT2D eigenvalue weighted by Crippen LogP contribution is -2.50. The molecule has 0 spiro atoms. The van der Waals surface area contributed by atoms with E-state index in [4.69, 9.17) is 5.73 Å². The highest BCUT2D eigenvalue weighted by molar-refractivity contribution is 5.90. The van der Waals surface area contributed by atoms with Gasteiger partial charge in [0.1, 0.15) is 0 Å². The van der Waals surface area contributed by atoms with E-state index in [1.54, 1.807) is 15.8 Å². The molecule has 7 heteroatoms. The van der Waals surface area contributed by atoms with E-state index < -0.39 is 0 Å². The maximum atomic E-state index is 12.5. The van der Waals surface area contributed by atoms with Crippen LogP contribution >= 0.6 is 0 Å². The molecule has 1 aliphatic rings. The molecule has 3 amide bonds. The first-order chi connectivity index (χ1) is 11.5. The minimum Gasteiger partial charge on any atom is -0.369 e. The van der Waals surface area contributed by atoms with Crippen molar-refractivity contribution in [2.45, 2.75) is 25.8 Å². The van der Waals surface area contributed by atoms with Gasteiger partial charge in [0.05, 0.1) is 11.6 Å². The van der Waals surface area contributed by atoms with E-state index in [2.05, 4.69) is 10.4 Å². The van der Waals surface area contributed by atoms with Gasteiger partial charge in [0.2, 0.25) is 5.91 Å². The molecule has 1 aliphatic heterocycles. The molecule has 1 aromatic carbocycles. The van der Waals surface area contributed by atoms with Gasteiger partial charge < -0.3 is 16.0 Å². The third-order valence-corrected chi connectivity index (χ3v) is 4.43. The lowest BCUT2D eigenvalue weighted by atomic mass is 9.93. The van der Waals surface area contributed by atoms with Crippen molar-refractivity contribution in [3.05, 3.63) is 42.7 Å². The van der Waals surface area contributed by atoms with Gasteiger partial charge in [-0.25, -0.2) is 9.48 Å². The molecule has 1 aromatic heterocycles. The van der Waals surface area contributed by atoms with Crippen LogP contribution < -0.4 is 11.1 Å². The summed E-state index contributed by atoms with van der Waals surface area (Å²) in [7, 11) is 0. The molecule has 3 N–H and O–H groups in total. The van der Waals surface area contributed by atoms with Gasteiger partial charge in [0.25, 0.3) is 0 Å². The van der Waals surface area contributed by atoms with E-state index in [-0.39, 0.29) is 23.9 Å². The van der Waals surface area contributed by atoms with Crippen LogP contribution in [-0.4, -0.2) is 39.2 Å². The number of carbonyl (C=O) groups is 2. The van der Waals surface area contributed by atoms with Gasteiger partial charge in [-0.1, -0.05) is 0 Å². The van der Waals surface area contributed by atoms with Crippen LogP contribution in [-0.2, 0) is 4.79 Å². The van der Waals surface area contributed by atoms with Crippen molar-refractivity contribution in [1.29, 1.82) is 0 Å². The first kappa shape index (κ1) is 16.0. The van der Waals surface area contributed by atoms with Gasteiger partial charge in [-0.2, -0.15) is 5.10 Å². The van der Waals surface area contributed by atoms with E-state index >= 15 is 0 Å². The number of likely N-dealkylation sites (tertiary alicyclic amines) is 1. The van der Waals surface area contributed by atoms with E-state index in [0.717, 1.165) is 18.5 Å². The van der Waals surface area contributed by atoms with E-state index in [1.807, 2.05) is 43.5 Å². The Morgan fingerprint density at radius 1 is 1.25 bits per heavy atom. The topological polar surface area (TPSA) is 93.3 Å². The summed E-state index contributed by atoms with van der Waals surface area (Å²) in [6.45, 7) is 2.35. The first-order valence-electron chi connectivity index (χ1n) is 8.01. The summed E-state index contributed by atoms with van der Waals surface area (Å²) in [4.78, 5) is 25.6. The number of benzene rings is 1. The molecule has 2 atom stereocenters. The van der Waals surface area contributed by atoms with Crippen molar-refractivity contribution in [3.63, 3.8) is 0 Å². The Hall–Kier alpha value is -2.83. The summed E-state index contributed by atoms with van der Waals surface area (Å²) in [5.41, 5.74) is 7.00. The van der Waals surface area contributed by atoms with Crippen LogP contribution in [0, 0.1) is 5.92 Å². The monoisotopic (exact) mass is 327 g/mol. The van der Waals surface area contributed by atoms with Gasteiger partial charge in [0.15, 0.2) is 0 Å². The number of carbonyl (C=O) groups excluding carboxylic acids is 2. The SMILES string of the molecule is C[C@H]1CC[C@@H](C(N)=O)CN1C(=O)Nc1ccc(-n2cccn2)cc1. The van der Waals surface area contributed by atoms with Crippen LogP contribution in [0.5, 0.6) is 0 Å². The number of rotatable bonds is 3. The fourth-order valence-corrected chi connectivity index (χ4v) is 2.94. The van der Waals surface area contributed by atoms with Crippen LogP contribution in [0.1, 0.15) is 19.8 Å². The van der Waals surface area contributed by atoms with Crippen LogP contribution in [0.25, 0.3) is 5.69 Å². The zero-order valence-corrected chi connectivity index (χ0v) is 13.6. The molecule has 126 valence electrons. The number of amides is 3. The van der Waals surface area contributed by atoms with Crippen molar-refractivity contribution in [1.82, 2.24) is 14.7 Å². The average molecular weight is 327 g/mol. The number of anilines is 1. The molecule has 1 saturated heterocycles. The average Bonchev–Trinajstić information content (AvgIpc) is 3.10. The Bertz CT molecular complexity index is 711. The van der Waals surface area contributed by atoms with Crippen molar-refractivity contribution < 1.29 is 9.59 Å². The maximum absolute atomic E-state index is 12.5. The smallest absolute Gasteiger partial charge is 0.322 e. The number of nitrogens with zero attached hydrogens (tertiary/aromatic N) is 3. The molecule has 0 unspecified atom stereocenters. The van der Waals surface area contributed by atoms with Gasteiger partial charge in [-0.15, -0.1) is 0 Å². The number of piperidine rings is 1. The van der Waals surface area contributed by atoms with Crippen LogP contribution in [0.15, 0.2) is 42.7 Å². The third-order valence-electron chi connectivity index (χ3n) is 4.43. The van der Waals surface area contributed by atoms with Crippen molar-refractivity contribution in [2.75, 3.05) is 11.9 Å². The Morgan fingerprint density at radius 3 is 2.62 bits per heavy atom. The Morgan fingerprint density at radius 2 is 2.00 bits per heavy atom. The minimum absolute atomic E-state index is 0.0870. The Labute approximate surface area is 140 Å². The predicted molar refractivity (Wildman–Crippen MR) is 90.7 cm³/mol. The second-order valence-corrected chi connectivity index (χ2v) is 6.11. The highest BCUT2D eigenvalue weighted by atomic mass is 16.2. The molecule has 0 saturated carbocycles. The van der Waals surface area contributed by atoms with Gasteiger partial charge in [0, 0.05) is 30.7 Å². The molecule has 2 aromatic rings. The minimum atomic E-state index is -0.344. The van der Waals surface area contributed by atoms with Gasteiger partial charge in [-0.3, -0.25) is 4.79 Å². The molecule has 24 heavy (non-hydrogen) atoms. The summed E-state index contributed by atoms with van der Waals surface area (Å²) >= 11 is 0. The fourth-order valence-electron chi connectivity index (χ4n) is 2.94. The number of nitrogens with one attached hydrogen (secondary N) is 1. The maximum Gasteiger partial charge on any atom is 0.322 e. The zero-order valence-electron chi connectivity index (χ0n) is 13.6. The quantitative estimate of drug-likeness (QED) is 0.903. The standard InChI is InChI=1S/C17H21N5O2/c1-12-3-4-13(16(18)23)11-21(12)17(24)20-14-5-7-15(8-6-14)22-10-2-9-19-22/h2,5-10,12-13H,3-4,11H2,1H3,(H2,18,23)(H,20,24)/t12-,13+/m0/s1. The highest BCUT2D eigenvalue weighted by Crippen LogP contribution is 2.23. The zero-order chi connectivity index (χ0) is 17.1. The third kappa shape index (κ3) is 3.40. The largest absolute Gasteiger partial charge is 0.369 e. The number of hydrogen-bond acceptors (Lipinski definition) is 3.